The molecule has 0 aliphatic carbocycles. The molecule has 2 N–H and O–H groups in total. The monoisotopic (exact) mass is 371 g/mol. The van der Waals surface area contributed by atoms with Crippen molar-refractivity contribution in [2.24, 2.45) is 0 Å². The molecule has 0 bridgehead atoms. The van der Waals surface area contributed by atoms with E-state index < -0.39 is 11.5 Å². The van der Waals surface area contributed by atoms with Crippen LogP contribution in [-0.4, -0.2) is 22.6 Å². The second-order valence-corrected chi connectivity index (χ2v) is 6.28. The quantitative estimate of drug-likeness (QED) is 0.557. The summed E-state index contributed by atoms with van der Waals surface area (Å²) in [6.07, 6.45) is 5.07. The van der Waals surface area contributed by atoms with Crippen LogP contribution in [0, 0.1) is 0 Å². The first-order valence-electron chi connectivity index (χ1n) is 8.59. The van der Waals surface area contributed by atoms with Crippen molar-refractivity contribution < 1.29 is 9.53 Å². The van der Waals surface area contributed by atoms with Gasteiger partial charge in [-0.1, -0.05) is 36.9 Å². The molecule has 0 amide bonds. The maximum absolute atomic E-state index is 13.4. The van der Waals surface area contributed by atoms with Gasteiger partial charge in [-0.3, -0.25) is 14.3 Å². The molecule has 2 aromatic carbocycles. The molecule has 28 heavy (non-hydrogen) atoms. The number of nitrogens with two attached hydrogens (primary N) is 1. The normalized spacial score (nSPS) is 10.9. The van der Waals surface area contributed by atoms with Gasteiger partial charge >= 0.3 is 5.97 Å². The smallest absolute Gasteiger partial charge is 0.345 e. The van der Waals surface area contributed by atoms with Crippen LogP contribution in [0.2, 0.25) is 0 Å². The third-order valence-electron chi connectivity index (χ3n) is 4.76. The predicted molar refractivity (Wildman–Crippen MR) is 111 cm³/mol. The van der Waals surface area contributed by atoms with Crippen molar-refractivity contribution in [3.63, 3.8) is 0 Å². The van der Waals surface area contributed by atoms with Crippen molar-refractivity contribution >= 4 is 39.4 Å². The highest BCUT2D eigenvalue weighted by Crippen LogP contribution is 2.29. The summed E-state index contributed by atoms with van der Waals surface area (Å²) in [6, 6.07) is 12.8. The molecule has 0 spiro atoms. The Labute approximate surface area is 160 Å². The molecule has 0 saturated heterocycles. The third-order valence-corrected chi connectivity index (χ3v) is 4.76. The van der Waals surface area contributed by atoms with Crippen molar-refractivity contribution in [1.29, 1.82) is 0 Å². The number of fused-ring (bicyclic) bond motifs is 2. The van der Waals surface area contributed by atoms with E-state index in [9.17, 15) is 9.59 Å². The first-order valence-corrected chi connectivity index (χ1v) is 8.59. The molecule has 138 valence electrons. The highest BCUT2D eigenvalue weighted by molar-refractivity contribution is 6.05. The van der Waals surface area contributed by atoms with Gasteiger partial charge in [0.2, 0.25) is 0 Å². The van der Waals surface area contributed by atoms with Crippen molar-refractivity contribution in [1.82, 2.24) is 9.55 Å². The summed E-state index contributed by atoms with van der Waals surface area (Å²) < 4.78 is 6.30. The molecular formula is C22H17N3O3. The average molecular weight is 371 g/mol. The number of hydrogen-bond donors (Lipinski definition) is 1. The zero-order valence-electron chi connectivity index (χ0n) is 15.2. The number of carbonyl (C=O) groups is 1. The molecule has 0 radical (unpaired) electrons. The van der Waals surface area contributed by atoms with Gasteiger partial charge in [-0.25, -0.2) is 4.79 Å². The Balaban J connectivity index is 2.25. The summed E-state index contributed by atoms with van der Waals surface area (Å²) in [5, 5.41) is 2.28. The number of methoxy groups -OCH3 is 1. The zero-order valence-corrected chi connectivity index (χ0v) is 15.2. The number of ether oxygens (including phenoxy) is 1. The Morgan fingerprint density at radius 2 is 2.04 bits per heavy atom. The molecular weight excluding hydrogens is 354 g/mol. The van der Waals surface area contributed by atoms with Crippen LogP contribution < -0.4 is 11.3 Å². The molecule has 6 nitrogen and oxygen atoms in total. The number of rotatable bonds is 3. The molecule has 0 fully saturated rings. The summed E-state index contributed by atoms with van der Waals surface area (Å²) in [4.78, 5) is 29.9. The fraction of sp³-hybridized carbons (Fsp3) is 0.0455. The fourth-order valence-electron chi connectivity index (χ4n) is 3.40. The van der Waals surface area contributed by atoms with Crippen LogP contribution >= 0.6 is 0 Å². The summed E-state index contributed by atoms with van der Waals surface area (Å²) in [6.45, 7) is 3.79. The molecule has 0 unspecified atom stereocenters. The first kappa shape index (κ1) is 17.5. The van der Waals surface area contributed by atoms with Crippen LogP contribution in [0.25, 0.3) is 33.4 Å². The summed E-state index contributed by atoms with van der Waals surface area (Å²) in [7, 11) is 1.22. The minimum absolute atomic E-state index is 0.0978. The van der Waals surface area contributed by atoms with Gasteiger partial charge < -0.3 is 10.5 Å². The first-order chi connectivity index (χ1) is 13.6. The Bertz CT molecular complexity index is 1320. The van der Waals surface area contributed by atoms with Crippen molar-refractivity contribution in [2.75, 3.05) is 12.8 Å². The van der Waals surface area contributed by atoms with E-state index in [0.29, 0.717) is 16.6 Å². The summed E-state index contributed by atoms with van der Waals surface area (Å²) in [5.41, 5.74) is 7.60. The van der Waals surface area contributed by atoms with Gasteiger partial charge in [0.1, 0.15) is 5.56 Å². The highest BCUT2D eigenvalue weighted by Gasteiger charge is 2.23. The number of nitrogens with zero attached hydrogens (tertiary/aromatic N) is 2. The predicted octanol–water partition coefficient (Wildman–Crippen LogP) is 3.55. The molecule has 2 aromatic heterocycles. The maximum atomic E-state index is 13.4. The average Bonchev–Trinajstić information content (AvgIpc) is 2.73. The number of aromatic nitrogens is 2. The molecule has 6 heteroatoms. The van der Waals surface area contributed by atoms with Crippen LogP contribution in [-0.2, 0) is 4.74 Å². The SMILES string of the molecule is C=Cc1ccc2c(N)c(C(=O)OC)c(=O)n(-c3cccc4cnccc34)c2c1. The van der Waals surface area contributed by atoms with Gasteiger partial charge in [0.25, 0.3) is 5.56 Å². The lowest BCUT2D eigenvalue weighted by Crippen LogP contribution is -2.28. The Morgan fingerprint density at radius 3 is 2.79 bits per heavy atom. The summed E-state index contributed by atoms with van der Waals surface area (Å²) in [5.74, 6) is -0.771. The Kier molecular flexibility index (Phi) is 4.16. The van der Waals surface area contributed by atoms with Gasteiger partial charge in [-0.05, 0) is 23.8 Å². The van der Waals surface area contributed by atoms with E-state index >= 15 is 0 Å². The zero-order chi connectivity index (χ0) is 19.8. The fourth-order valence-corrected chi connectivity index (χ4v) is 3.40. The second kappa shape index (κ2) is 6.66. The molecule has 2 heterocycles. The number of pyridine rings is 2. The Morgan fingerprint density at radius 1 is 1.21 bits per heavy atom. The largest absolute Gasteiger partial charge is 0.465 e. The van der Waals surface area contributed by atoms with Crippen molar-refractivity contribution in [3.05, 3.63) is 82.9 Å². The van der Waals surface area contributed by atoms with Crippen LogP contribution in [0.15, 0.2) is 66.2 Å². The van der Waals surface area contributed by atoms with Crippen LogP contribution in [0.3, 0.4) is 0 Å². The van der Waals surface area contributed by atoms with Crippen LogP contribution in [0.4, 0.5) is 5.69 Å². The third kappa shape index (κ3) is 2.54. The van der Waals surface area contributed by atoms with Crippen LogP contribution in [0.1, 0.15) is 15.9 Å². The lowest BCUT2D eigenvalue weighted by atomic mass is 10.0. The van der Waals surface area contributed by atoms with E-state index in [1.165, 1.54) is 11.7 Å². The highest BCUT2D eigenvalue weighted by atomic mass is 16.5. The second-order valence-electron chi connectivity index (χ2n) is 6.28. The lowest BCUT2D eigenvalue weighted by Gasteiger charge is -2.17. The van der Waals surface area contributed by atoms with Crippen molar-refractivity contribution in [2.45, 2.75) is 0 Å². The number of carbonyl (C=O) groups excluding carboxylic acids is 1. The van der Waals surface area contributed by atoms with E-state index in [1.54, 1.807) is 24.5 Å². The molecule has 0 saturated carbocycles. The van der Waals surface area contributed by atoms with E-state index in [-0.39, 0.29) is 11.3 Å². The molecule has 4 rings (SSSR count). The number of esters is 1. The van der Waals surface area contributed by atoms with Gasteiger partial charge in [0, 0.05) is 28.6 Å². The van der Waals surface area contributed by atoms with Gasteiger partial charge in [-0.15, -0.1) is 0 Å². The van der Waals surface area contributed by atoms with E-state index in [4.69, 9.17) is 10.5 Å². The van der Waals surface area contributed by atoms with Gasteiger partial charge in [0.15, 0.2) is 0 Å². The van der Waals surface area contributed by atoms with E-state index in [0.717, 1.165) is 16.3 Å². The van der Waals surface area contributed by atoms with Gasteiger partial charge in [-0.2, -0.15) is 0 Å². The number of benzene rings is 2. The minimum Gasteiger partial charge on any atom is -0.465 e. The number of anilines is 1. The molecule has 4 aromatic rings. The summed E-state index contributed by atoms with van der Waals surface area (Å²) >= 11 is 0. The number of hydrogen-bond acceptors (Lipinski definition) is 5. The van der Waals surface area contributed by atoms with Gasteiger partial charge in [0.05, 0.1) is 24.0 Å². The van der Waals surface area contributed by atoms with Crippen LogP contribution in [0.5, 0.6) is 0 Å². The van der Waals surface area contributed by atoms with E-state index in [2.05, 4.69) is 11.6 Å². The number of nitrogen functional groups attached to an aromatic ring is 1. The van der Waals surface area contributed by atoms with Crippen molar-refractivity contribution in [3.8, 4) is 5.69 Å². The Hall–Kier alpha value is -3.93. The molecule has 0 aliphatic heterocycles. The lowest BCUT2D eigenvalue weighted by molar-refractivity contribution is 0.0600. The molecule has 0 atom stereocenters. The maximum Gasteiger partial charge on any atom is 0.345 e. The minimum atomic E-state index is -0.771. The standard InChI is InChI=1S/C22H17N3O3/c1-3-13-7-8-16-18(11-13)25(21(26)19(20(16)23)22(27)28-2)17-6-4-5-14-12-24-10-9-15(14)17/h3-12H,1,23H2,2H3. The topological polar surface area (TPSA) is 87.2 Å². The molecule has 0 aliphatic rings. The van der Waals surface area contributed by atoms with E-state index in [1.807, 2.05) is 36.4 Å².